The number of aryl methyl sites for hydroxylation is 1. The van der Waals surface area contributed by atoms with Gasteiger partial charge in [-0.2, -0.15) is 0 Å². The predicted octanol–water partition coefficient (Wildman–Crippen LogP) is 3.85. The summed E-state index contributed by atoms with van der Waals surface area (Å²) in [6.07, 6.45) is 2.87. The van der Waals surface area contributed by atoms with E-state index < -0.39 is 11.9 Å². The van der Waals surface area contributed by atoms with Crippen molar-refractivity contribution in [2.75, 3.05) is 19.0 Å². The third-order valence-electron chi connectivity index (χ3n) is 3.34. The topological polar surface area (TPSA) is 64.6 Å². The van der Waals surface area contributed by atoms with Gasteiger partial charge in [0.15, 0.2) is 6.61 Å². The molecule has 0 heterocycles. The second-order valence-electron chi connectivity index (χ2n) is 5.22. The average Bonchev–Trinajstić information content (AvgIpc) is 2.61. The Morgan fingerprint density at radius 2 is 1.88 bits per heavy atom. The van der Waals surface area contributed by atoms with Crippen molar-refractivity contribution in [3.05, 3.63) is 64.7 Å². The molecule has 5 nitrogen and oxygen atoms in total. The summed E-state index contributed by atoms with van der Waals surface area (Å²) in [5.41, 5.74) is 2.27. The molecule has 0 aliphatic carbocycles. The van der Waals surface area contributed by atoms with E-state index in [2.05, 4.69) is 5.32 Å². The Hall–Kier alpha value is -2.79. The van der Waals surface area contributed by atoms with Crippen LogP contribution in [0, 0.1) is 6.92 Å². The van der Waals surface area contributed by atoms with Gasteiger partial charge in [0.25, 0.3) is 5.91 Å². The first-order chi connectivity index (χ1) is 12.0. The SMILES string of the molecule is COc1ccc(C=CC(=O)OCC(=O)Nc2ccc(Cl)cc2C)cc1. The Bertz CT molecular complexity index is 785. The van der Waals surface area contributed by atoms with Crippen LogP contribution in [-0.2, 0) is 14.3 Å². The third-order valence-corrected chi connectivity index (χ3v) is 3.57. The van der Waals surface area contributed by atoms with Gasteiger partial charge in [-0.3, -0.25) is 4.79 Å². The number of esters is 1. The first-order valence-electron chi connectivity index (χ1n) is 7.53. The highest BCUT2D eigenvalue weighted by Gasteiger charge is 2.07. The molecule has 0 unspecified atom stereocenters. The zero-order valence-corrected chi connectivity index (χ0v) is 14.7. The molecule has 0 aromatic heterocycles. The van der Waals surface area contributed by atoms with E-state index >= 15 is 0 Å². The van der Waals surface area contributed by atoms with Gasteiger partial charge in [0, 0.05) is 16.8 Å². The van der Waals surface area contributed by atoms with E-state index in [4.69, 9.17) is 21.1 Å². The maximum Gasteiger partial charge on any atom is 0.331 e. The molecule has 0 bridgehead atoms. The van der Waals surface area contributed by atoms with Crippen LogP contribution in [0.1, 0.15) is 11.1 Å². The van der Waals surface area contributed by atoms with Crippen LogP contribution >= 0.6 is 11.6 Å². The van der Waals surface area contributed by atoms with Crippen molar-refractivity contribution >= 4 is 35.2 Å². The molecule has 2 aromatic rings. The number of halogens is 1. The lowest BCUT2D eigenvalue weighted by atomic mass is 10.2. The third kappa shape index (κ3) is 5.97. The fraction of sp³-hybridized carbons (Fsp3) is 0.158. The molecule has 25 heavy (non-hydrogen) atoms. The number of carbonyl (C=O) groups excluding carboxylic acids is 2. The Kier molecular flexibility index (Phi) is 6.60. The summed E-state index contributed by atoms with van der Waals surface area (Å²) in [6, 6.07) is 12.3. The molecule has 2 rings (SSSR count). The molecule has 0 fully saturated rings. The zero-order valence-electron chi connectivity index (χ0n) is 13.9. The molecule has 0 atom stereocenters. The van der Waals surface area contributed by atoms with Gasteiger partial charge in [0.05, 0.1) is 7.11 Å². The second-order valence-corrected chi connectivity index (χ2v) is 5.66. The number of nitrogens with one attached hydrogen (secondary N) is 1. The molecular formula is C19H18ClNO4. The fourth-order valence-electron chi connectivity index (χ4n) is 2.02. The Morgan fingerprint density at radius 3 is 2.52 bits per heavy atom. The summed E-state index contributed by atoms with van der Waals surface area (Å²) >= 11 is 5.86. The van der Waals surface area contributed by atoms with Crippen molar-refractivity contribution < 1.29 is 19.1 Å². The molecule has 0 spiro atoms. The van der Waals surface area contributed by atoms with E-state index in [9.17, 15) is 9.59 Å². The second kappa shape index (κ2) is 8.89. The smallest absolute Gasteiger partial charge is 0.331 e. The van der Waals surface area contributed by atoms with Crippen molar-refractivity contribution in [3.63, 3.8) is 0 Å². The van der Waals surface area contributed by atoms with Crippen molar-refractivity contribution in [3.8, 4) is 5.75 Å². The maximum absolute atomic E-state index is 11.8. The van der Waals surface area contributed by atoms with Gasteiger partial charge in [0.1, 0.15) is 5.75 Å². The van der Waals surface area contributed by atoms with E-state index in [1.165, 1.54) is 6.08 Å². The lowest BCUT2D eigenvalue weighted by Gasteiger charge is -2.08. The molecule has 2 aromatic carbocycles. The maximum atomic E-state index is 11.8. The van der Waals surface area contributed by atoms with Gasteiger partial charge < -0.3 is 14.8 Å². The molecular weight excluding hydrogens is 342 g/mol. The monoisotopic (exact) mass is 359 g/mol. The Labute approximate surface area is 151 Å². The molecule has 0 saturated heterocycles. The molecule has 0 aliphatic rings. The number of amides is 1. The summed E-state index contributed by atoms with van der Waals surface area (Å²) in [7, 11) is 1.58. The quantitative estimate of drug-likeness (QED) is 0.628. The van der Waals surface area contributed by atoms with Gasteiger partial charge >= 0.3 is 5.97 Å². The minimum absolute atomic E-state index is 0.367. The summed E-state index contributed by atoms with van der Waals surface area (Å²) in [6.45, 7) is 1.46. The highest BCUT2D eigenvalue weighted by Crippen LogP contribution is 2.19. The van der Waals surface area contributed by atoms with Crippen LogP contribution in [0.4, 0.5) is 5.69 Å². The molecule has 1 amide bonds. The molecule has 130 valence electrons. The van der Waals surface area contributed by atoms with Crippen LogP contribution in [0.15, 0.2) is 48.5 Å². The van der Waals surface area contributed by atoms with E-state index in [0.717, 1.165) is 16.9 Å². The van der Waals surface area contributed by atoms with Gasteiger partial charge in [0.2, 0.25) is 0 Å². The van der Waals surface area contributed by atoms with Crippen LogP contribution in [0.2, 0.25) is 5.02 Å². The average molecular weight is 360 g/mol. The summed E-state index contributed by atoms with van der Waals surface area (Å²) in [4.78, 5) is 23.5. The molecule has 0 radical (unpaired) electrons. The van der Waals surface area contributed by atoms with E-state index in [1.807, 2.05) is 6.92 Å². The number of ether oxygens (including phenoxy) is 2. The summed E-state index contributed by atoms with van der Waals surface area (Å²) in [5, 5.41) is 3.25. The standard InChI is InChI=1S/C19H18ClNO4/c1-13-11-15(20)6-9-17(13)21-18(22)12-25-19(23)10-5-14-3-7-16(24-2)8-4-14/h3-11H,12H2,1-2H3,(H,21,22). The van der Waals surface area contributed by atoms with Crippen molar-refractivity contribution in [2.24, 2.45) is 0 Å². The highest BCUT2D eigenvalue weighted by atomic mass is 35.5. The van der Waals surface area contributed by atoms with Crippen LogP contribution < -0.4 is 10.1 Å². The van der Waals surface area contributed by atoms with Gasteiger partial charge in [-0.15, -0.1) is 0 Å². The summed E-state index contributed by atoms with van der Waals surface area (Å²) < 4.78 is 9.97. The van der Waals surface area contributed by atoms with Crippen molar-refractivity contribution in [2.45, 2.75) is 6.92 Å². The van der Waals surface area contributed by atoms with Gasteiger partial charge in [-0.1, -0.05) is 23.7 Å². The zero-order chi connectivity index (χ0) is 18.2. The Balaban J connectivity index is 1.82. The number of anilines is 1. The largest absolute Gasteiger partial charge is 0.497 e. The predicted molar refractivity (Wildman–Crippen MR) is 97.8 cm³/mol. The first kappa shape index (κ1) is 18.5. The number of hydrogen-bond donors (Lipinski definition) is 1. The van der Waals surface area contributed by atoms with Crippen LogP contribution in [0.5, 0.6) is 5.75 Å². The van der Waals surface area contributed by atoms with Gasteiger partial charge in [-0.05, 0) is 54.5 Å². The van der Waals surface area contributed by atoms with E-state index in [-0.39, 0.29) is 6.61 Å². The fourth-order valence-corrected chi connectivity index (χ4v) is 2.24. The molecule has 6 heteroatoms. The minimum atomic E-state index is -0.598. The molecule has 0 saturated carbocycles. The lowest BCUT2D eigenvalue weighted by molar-refractivity contribution is -0.142. The number of hydrogen-bond acceptors (Lipinski definition) is 4. The number of rotatable bonds is 6. The van der Waals surface area contributed by atoms with Crippen LogP contribution in [0.25, 0.3) is 6.08 Å². The minimum Gasteiger partial charge on any atom is -0.497 e. The van der Waals surface area contributed by atoms with E-state index in [1.54, 1.807) is 55.7 Å². The first-order valence-corrected chi connectivity index (χ1v) is 7.90. The number of benzene rings is 2. The summed E-state index contributed by atoms with van der Waals surface area (Å²) in [5.74, 6) is -0.288. The van der Waals surface area contributed by atoms with Gasteiger partial charge in [-0.25, -0.2) is 4.79 Å². The van der Waals surface area contributed by atoms with Crippen LogP contribution in [0.3, 0.4) is 0 Å². The number of methoxy groups -OCH3 is 1. The lowest BCUT2D eigenvalue weighted by Crippen LogP contribution is -2.20. The highest BCUT2D eigenvalue weighted by molar-refractivity contribution is 6.30. The Morgan fingerprint density at radius 1 is 1.16 bits per heavy atom. The molecule has 0 aliphatic heterocycles. The normalized spacial score (nSPS) is 10.5. The molecule has 1 N–H and O–H groups in total. The number of carbonyl (C=O) groups is 2. The van der Waals surface area contributed by atoms with Crippen molar-refractivity contribution in [1.82, 2.24) is 0 Å². The van der Waals surface area contributed by atoms with E-state index in [0.29, 0.717) is 10.7 Å². The van der Waals surface area contributed by atoms with Crippen molar-refractivity contribution in [1.29, 1.82) is 0 Å². The van der Waals surface area contributed by atoms with Crippen LogP contribution in [-0.4, -0.2) is 25.6 Å².